The number of nitrogens with zero attached hydrogens (tertiary/aromatic N) is 5. The van der Waals surface area contributed by atoms with E-state index >= 15 is 0 Å². The van der Waals surface area contributed by atoms with Crippen molar-refractivity contribution in [3.63, 3.8) is 0 Å². The second-order valence-corrected chi connectivity index (χ2v) is 12.5. The summed E-state index contributed by atoms with van der Waals surface area (Å²) in [6.45, 7) is 3.78. The number of likely N-dealkylation sites (tertiary alicyclic amines) is 1. The van der Waals surface area contributed by atoms with Crippen LogP contribution in [-0.4, -0.2) is 86.1 Å². The van der Waals surface area contributed by atoms with Crippen LogP contribution in [0.5, 0.6) is 11.5 Å². The molecule has 4 heterocycles. The molecule has 0 saturated carbocycles. The molecule has 40 heavy (non-hydrogen) atoms. The van der Waals surface area contributed by atoms with Gasteiger partial charge in [0.15, 0.2) is 33.6 Å². The first-order valence-corrected chi connectivity index (χ1v) is 15.5. The van der Waals surface area contributed by atoms with Gasteiger partial charge in [-0.25, -0.2) is 15.0 Å². The topological polar surface area (TPSA) is 214 Å². The molecule has 1 fully saturated rings. The number of benzene rings is 1. The van der Waals surface area contributed by atoms with Gasteiger partial charge in [0.05, 0.1) is 6.26 Å². The average Bonchev–Trinajstić information content (AvgIpc) is 3.46. The van der Waals surface area contributed by atoms with Crippen molar-refractivity contribution in [3.05, 3.63) is 22.9 Å². The third-order valence-corrected chi connectivity index (χ3v) is 8.17. The van der Waals surface area contributed by atoms with Crippen LogP contribution in [-0.2, 0) is 21.5 Å². The zero-order valence-corrected chi connectivity index (χ0v) is 25.0. The normalized spacial score (nSPS) is 15.8. The van der Waals surface area contributed by atoms with Gasteiger partial charge < -0.3 is 35.3 Å². The molecular weight excluding hydrogens is 632 g/mol. The monoisotopic (exact) mass is 662 g/mol. The summed E-state index contributed by atoms with van der Waals surface area (Å²) in [5.41, 5.74) is 7.39. The van der Waals surface area contributed by atoms with Crippen molar-refractivity contribution >= 4 is 60.7 Å². The molecular formula is C23H31BrN6O8S2. The average molecular weight is 664 g/mol. The zero-order valence-electron chi connectivity index (χ0n) is 21.8. The number of hydrogen-bond donors (Lipinski definition) is 3. The lowest BCUT2D eigenvalue weighted by Gasteiger charge is -2.32. The van der Waals surface area contributed by atoms with Crippen LogP contribution < -0.4 is 15.2 Å². The SMILES string of the molecule is CS(=O)(=O)O.C[C@@H](O)C(=O)N1CCC(CCn2c(Sc3cc4c(cc3Br)OCO4)nc3c(N)ncnc32)CC1.O. The molecule has 0 spiro atoms. The number of imidazole rings is 1. The van der Waals surface area contributed by atoms with Gasteiger partial charge in [-0.1, -0.05) is 11.8 Å². The van der Waals surface area contributed by atoms with Crippen molar-refractivity contribution in [1.82, 2.24) is 24.4 Å². The van der Waals surface area contributed by atoms with Gasteiger partial charge in [-0.2, -0.15) is 8.42 Å². The van der Waals surface area contributed by atoms with Crippen LogP contribution >= 0.6 is 27.7 Å². The maximum absolute atomic E-state index is 12.1. The molecule has 1 amide bonds. The molecule has 2 aliphatic heterocycles. The number of anilines is 1. The van der Waals surface area contributed by atoms with Crippen molar-refractivity contribution < 1.29 is 37.8 Å². The number of aromatic nitrogens is 4. The smallest absolute Gasteiger partial charge is 0.261 e. The molecule has 3 aromatic rings. The Labute approximate surface area is 243 Å². The lowest BCUT2D eigenvalue weighted by atomic mass is 9.93. The summed E-state index contributed by atoms with van der Waals surface area (Å²) in [6.07, 6.45) is 3.95. The Morgan fingerprint density at radius 3 is 2.50 bits per heavy atom. The van der Waals surface area contributed by atoms with E-state index in [1.807, 2.05) is 12.1 Å². The van der Waals surface area contributed by atoms with Crippen LogP contribution in [0.3, 0.4) is 0 Å². The summed E-state index contributed by atoms with van der Waals surface area (Å²) in [7, 11) is -3.67. The fraction of sp³-hybridized carbons (Fsp3) is 0.478. The molecule has 220 valence electrons. The Hall–Kier alpha value is -2.70. The number of nitrogens with two attached hydrogens (primary N) is 1. The predicted molar refractivity (Wildman–Crippen MR) is 151 cm³/mol. The molecule has 0 aliphatic carbocycles. The van der Waals surface area contributed by atoms with E-state index < -0.39 is 16.2 Å². The summed E-state index contributed by atoms with van der Waals surface area (Å²) in [5, 5.41) is 10.3. The molecule has 2 aromatic heterocycles. The standard InChI is InChI=1S/C22H25BrN6O4S.CH4O3S.H2O/c1-12(30)21(31)28-5-2-13(3-6-28)4-7-29-20-18(19(24)25-10-26-20)27-22(29)34-17-9-16-15(8-14(17)23)32-11-33-16;1-5(2,3)4;/h8-10,12-13,30H,2-7,11H2,1H3,(H2,24,25,26);1H3,(H,2,3,4);1H2/t12-;;/m1../s1. The van der Waals surface area contributed by atoms with Gasteiger partial charge in [-0.05, 0) is 60.2 Å². The van der Waals surface area contributed by atoms with E-state index in [1.165, 1.54) is 25.0 Å². The first kappa shape index (κ1) is 31.8. The van der Waals surface area contributed by atoms with E-state index in [-0.39, 0.29) is 18.2 Å². The molecule has 1 aromatic carbocycles. The molecule has 1 atom stereocenters. The van der Waals surface area contributed by atoms with Gasteiger partial charge in [0.2, 0.25) is 6.79 Å². The van der Waals surface area contributed by atoms with Crippen LogP contribution in [0.25, 0.3) is 11.2 Å². The minimum absolute atomic E-state index is 0. The third kappa shape index (κ3) is 7.94. The van der Waals surface area contributed by atoms with Gasteiger partial charge in [0.1, 0.15) is 12.4 Å². The fourth-order valence-electron chi connectivity index (χ4n) is 4.31. The predicted octanol–water partition coefficient (Wildman–Crippen LogP) is 1.74. The number of aliphatic hydroxyl groups excluding tert-OH is 1. The molecule has 0 bridgehead atoms. The zero-order chi connectivity index (χ0) is 28.3. The van der Waals surface area contributed by atoms with E-state index in [2.05, 4.69) is 30.5 Å². The number of carbonyl (C=O) groups is 1. The molecule has 0 radical (unpaired) electrons. The van der Waals surface area contributed by atoms with Gasteiger partial charge in [-0.3, -0.25) is 9.35 Å². The van der Waals surface area contributed by atoms with E-state index in [0.717, 1.165) is 33.8 Å². The number of ether oxygens (including phenoxy) is 2. The van der Waals surface area contributed by atoms with Crippen molar-refractivity contribution in [2.75, 3.05) is 31.9 Å². The Bertz CT molecular complexity index is 1450. The number of fused-ring (bicyclic) bond motifs is 2. The van der Waals surface area contributed by atoms with E-state index in [9.17, 15) is 18.3 Å². The van der Waals surface area contributed by atoms with Crippen molar-refractivity contribution in [2.45, 2.75) is 48.9 Å². The first-order chi connectivity index (χ1) is 18.4. The largest absolute Gasteiger partial charge is 0.454 e. The van der Waals surface area contributed by atoms with E-state index in [1.54, 1.807) is 4.90 Å². The number of amides is 1. The maximum Gasteiger partial charge on any atom is 0.261 e. The van der Waals surface area contributed by atoms with Crippen LogP contribution in [0.4, 0.5) is 5.82 Å². The number of aryl methyl sites for hydroxylation is 1. The lowest BCUT2D eigenvalue weighted by molar-refractivity contribution is -0.140. The number of nitrogen functional groups attached to an aromatic ring is 1. The Kier molecular flexibility index (Phi) is 10.6. The van der Waals surface area contributed by atoms with Crippen LogP contribution in [0, 0.1) is 5.92 Å². The van der Waals surface area contributed by atoms with Gasteiger partial charge in [-0.15, -0.1) is 0 Å². The van der Waals surface area contributed by atoms with E-state index in [0.29, 0.717) is 60.3 Å². The molecule has 1 saturated heterocycles. The Morgan fingerprint density at radius 1 is 1.25 bits per heavy atom. The Balaban J connectivity index is 0.000000677. The summed E-state index contributed by atoms with van der Waals surface area (Å²) in [4.78, 5) is 28.1. The molecule has 6 N–H and O–H groups in total. The minimum atomic E-state index is -3.67. The maximum atomic E-state index is 12.1. The first-order valence-electron chi connectivity index (χ1n) is 12.0. The molecule has 17 heteroatoms. The fourth-order valence-corrected chi connectivity index (χ4v) is 5.82. The number of halogens is 1. The van der Waals surface area contributed by atoms with Gasteiger partial charge >= 0.3 is 0 Å². The summed E-state index contributed by atoms with van der Waals surface area (Å²) < 4.78 is 39.8. The quantitative estimate of drug-likeness (QED) is 0.322. The molecule has 0 unspecified atom stereocenters. The number of aliphatic hydroxyl groups is 1. The second-order valence-electron chi connectivity index (χ2n) is 9.18. The van der Waals surface area contributed by atoms with Crippen LogP contribution in [0.2, 0.25) is 0 Å². The third-order valence-electron chi connectivity index (χ3n) is 6.20. The highest BCUT2D eigenvalue weighted by atomic mass is 79.9. The van der Waals surface area contributed by atoms with E-state index in [4.69, 9.17) is 24.7 Å². The number of hydrogen-bond acceptors (Lipinski definition) is 11. The molecule has 5 rings (SSSR count). The summed E-state index contributed by atoms with van der Waals surface area (Å²) >= 11 is 5.12. The number of piperidine rings is 1. The van der Waals surface area contributed by atoms with Crippen molar-refractivity contribution in [1.29, 1.82) is 0 Å². The summed E-state index contributed by atoms with van der Waals surface area (Å²) in [5.74, 6) is 2.02. The lowest BCUT2D eigenvalue weighted by Crippen LogP contribution is -2.43. The molecule has 2 aliphatic rings. The Morgan fingerprint density at radius 2 is 1.88 bits per heavy atom. The van der Waals surface area contributed by atoms with Gasteiger partial charge in [0, 0.05) is 29.0 Å². The highest BCUT2D eigenvalue weighted by Crippen LogP contribution is 2.43. The van der Waals surface area contributed by atoms with Crippen molar-refractivity contribution in [2.24, 2.45) is 5.92 Å². The minimum Gasteiger partial charge on any atom is -0.454 e. The second kappa shape index (κ2) is 13.3. The van der Waals surface area contributed by atoms with Crippen LogP contribution in [0.1, 0.15) is 26.2 Å². The number of carbonyl (C=O) groups excluding carboxylic acids is 1. The van der Waals surface area contributed by atoms with Crippen LogP contribution in [0.15, 0.2) is 33.0 Å². The highest BCUT2D eigenvalue weighted by molar-refractivity contribution is 9.10. The number of rotatable bonds is 6. The van der Waals surface area contributed by atoms with Gasteiger partial charge in [0.25, 0.3) is 16.0 Å². The molecule has 14 nitrogen and oxygen atoms in total. The highest BCUT2D eigenvalue weighted by Gasteiger charge is 2.26. The summed E-state index contributed by atoms with van der Waals surface area (Å²) in [6, 6.07) is 3.83. The van der Waals surface area contributed by atoms with Crippen molar-refractivity contribution in [3.8, 4) is 11.5 Å².